The Hall–Kier alpha value is -6.02. The second-order valence-corrected chi connectivity index (χ2v) is 13.7. The van der Waals surface area contributed by atoms with Gasteiger partial charge in [0, 0.05) is 25.6 Å². The molecule has 4 aromatic rings. The number of benzene rings is 4. The molecule has 0 radical (unpaired) electrons. The Morgan fingerprint density at radius 3 is 1.26 bits per heavy atom. The minimum absolute atomic E-state index is 0.00273. The summed E-state index contributed by atoms with van der Waals surface area (Å²) in [5.74, 6) is -4.55. The minimum Gasteiger partial charge on any atom is -0.481 e. The maximum absolute atomic E-state index is 14.3. The first-order valence-electron chi connectivity index (χ1n) is 18.8. The molecule has 3 amide bonds. The van der Waals surface area contributed by atoms with Gasteiger partial charge in [0.25, 0.3) is 0 Å². The van der Waals surface area contributed by atoms with E-state index in [4.69, 9.17) is 9.90 Å². The third kappa shape index (κ3) is 14.5. The number of amides is 3. The van der Waals surface area contributed by atoms with Crippen molar-refractivity contribution in [2.24, 2.45) is 0 Å². The van der Waals surface area contributed by atoms with Crippen molar-refractivity contribution in [3.05, 3.63) is 144 Å². The highest BCUT2D eigenvalue weighted by Gasteiger charge is 2.38. The van der Waals surface area contributed by atoms with E-state index in [2.05, 4.69) is 5.32 Å². The second kappa shape index (κ2) is 22.7. The van der Waals surface area contributed by atoms with Gasteiger partial charge in [-0.15, -0.1) is 0 Å². The van der Waals surface area contributed by atoms with Crippen molar-refractivity contribution >= 4 is 29.7 Å². The molecule has 0 aliphatic heterocycles. The van der Waals surface area contributed by atoms with Crippen LogP contribution in [0, 0.1) is 0 Å². The van der Waals surface area contributed by atoms with Crippen LogP contribution in [-0.4, -0.2) is 86.9 Å². The molecule has 3 N–H and O–H groups in total. The molecule has 0 unspecified atom stereocenters. The number of rotatable bonds is 18. The van der Waals surface area contributed by atoms with Gasteiger partial charge in [-0.2, -0.15) is 13.2 Å². The number of aliphatic carboxylic acids is 2. The zero-order valence-electron chi connectivity index (χ0n) is 33.0. The molecular formula is C44H51F3N4O7. The Morgan fingerprint density at radius 2 is 0.879 bits per heavy atom. The molecule has 4 aromatic carbocycles. The molecule has 310 valence electrons. The fourth-order valence-electron chi connectivity index (χ4n) is 6.26. The number of hydrogen-bond donors (Lipinski definition) is 3. The van der Waals surface area contributed by atoms with Crippen molar-refractivity contribution in [2.75, 3.05) is 26.2 Å². The fourth-order valence-corrected chi connectivity index (χ4v) is 6.26. The molecule has 11 nitrogen and oxygen atoms in total. The minimum atomic E-state index is -5.08. The summed E-state index contributed by atoms with van der Waals surface area (Å²) in [6.45, 7) is 7.69. The van der Waals surface area contributed by atoms with Crippen LogP contribution in [0.25, 0.3) is 0 Å². The van der Waals surface area contributed by atoms with Crippen molar-refractivity contribution in [2.45, 2.75) is 70.9 Å². The van der Waals surface area contributed by atoms with Gasteiger partial charge in [0.05, 0.1) is 31.1 Å². The molecule has 0 fully saturated rings. The maximum atomic E-state index is 14.3. The lowest BCUT2D eigenvalue weighted by Gasteiger charge is -2.35. The van der Waals surface area contributed by atoms with Crippen LogP contribution in [0.4, 0.5) is 13.2 Å². The van der Waals surface area contributed by atoms with E-state index < -0.39 is 30.2 Å². The average Bonchev–Trinajstić information content (AvgIpc) is 3.22. The van der Waals surface area contributed by atoms with Crippen LogP contribution in [0.2, 0.25) is 0 Å². The number of halogens is 3. The quantitative estimate of drug-likeness (QED) is 0.0932. The normalized spacial score (nSPS) is 13.1. The molecule has 58 heavy (non-hydrogen) atoms. The molecule has 0 bridgehead atoms. The lowest BCUT2D eigenvalue weighted by atomic mass is 10.0. The number of hydrogen-bond acceptors (Lipinski definition) is 6. The van der Waals surface area contributed by atoms with Crippen molar-refractivity contribution in [1.29, 1.82) is 0 Å². The average molecular weight is 805 g/mol. The highest BCUT2D eigenvalue weighted by Crippen LogP contribution is 2.26. The molecule has 4 atom stereocenters. The van der Waals surface area contributed by atoms with E-state index in [1.165, 1.54) is 4.90 Å². The first-order valence-corrected chi connectivity index (χ1v) is 18.8. The van der Waals surface area contributed by atoms with E-state index in [0.29, 0.717) is 0 Å². The molecule has 0 aliphatic rings. The van der Waals surface area contributed by atoms with E-state index in [0.717, 1.165) is 22.3 Å². The Labute approximate surface area is 337 Å². The Balaban J connectivity index is 0.00000117. The summed E-state index contributed by atoms with van der Waals surface area (Å²) < 4.78 is 31.7. The van der Waals surface area contributed by atoms with Crippen molar-refractivity contribution in [1.82, 2.24) is 20.0 Å². The summed E-state index contributed by atoms with van der Waals surface area (Å²) in [7, 11) is 0. The second-order valence-electron chi connectivity index (χ2n) is 13.7. The number of carboxylic acid groups (broad SMARTS) is 2. The van der Waals surface area contributed by atoms with E-state index in [1.54, 1.807) is 9.80 Å². The van der Waals surface area contributed by atoms with Crippen LogP contribution in [0.15, 0.2) is 121 Å². The number of carbonyl (C=O) groups excluding carboxylic acids is 3. The summed E-state index contributed by atoms with van der Waals surface area (Å²) in [6.07, 6.45) is -5.32. The van der Waals surface area contributed by atoms with Crippen LogP contribution in [0.1, 0.15) is 87.0 Å². The van der Waals surface area contributed by atoms with Crippen LogP contribution in [0.5, 0.6) is 0 Å². The molecule has 0 spiro atoms. The van der Waals surface area contributed by atoms with Gasteiger partial charge in [-0.05, 0) is 49.9 Å². The third-order valence-corrected chi connectivity index (χ3v) is 9.75. The van der Waals surface area contributed by atoms with Gasteiger partial charge in [-0.1, -0.05) is 121 Å². The Bertz CT molecular complexity index is 1900. The van der Waals surface area contributed by atoms with Crippen molar-refractivity contribution in [3.8, 4) is 0 Å². The monoisotopic (exact) mass is 804 g/mol. The molecule has 0 saturated heterocycles. The number of carboxylic acids is 2. The van der Waals surface area contributed by atoms with Gasteiger partial charge in [0.15, 0.2) is 0 Å². The molecule has 0 aliphatic carbocycles. The van der Waals surface area contributed by atoms with Crippen LogP contribution < -0.4 is 5.32 Å². The zero-order valence-corrected chi connectivity index (χ0v) is 33.0. The summed E-state index contributed by atoms with van der Waals surface area (Å²) in [4.78, 5) is 67.5. The summed E-state index contributed by atoms with van der Waals surface area (Å²) in [6, 6.07) is 37.3. The number of carbonyl (C=O) groups is 5. The number of nitrogens with zero attached hydrogens (tertiary/aromatic N) is 3. The smallest absolute Gasteiger partial charge is 0.481 e. The fraction of sp³-hybridized carbons (Fsp3) is 0.341. The summed E-state index contributed by atoms with van der Waals surface area (Å²) in [5, 5.41) is 19.9. The first-order chi connectivity index (χ1) is 27.5. The van der Waals surface area contributed by atoms with Crippen LogP contribution in [-0.2, 0) is 24.0 Å². The van der Waals surface area contributed by atoms with Crippen LogP contribution >= 0.6 is 0 Å². The van der Waals surface area contributed by atoms with Gasteiger partial charge >= 0.3 is 18.1 Å². The number of alkyl halides is 3. The van der Waals surface area contributed by atoms with Crippen LogP contribution in [0.3, 0.4) is 0 Å². The SMILES string of the molecule is C[C@H](NCC(=O)N(CCC(=O)N(CC(=O)N(CCC(=O)O)[C@@H](C)c1ccccc1)[C@@H](C)c1ccccc1)[C@@H](C)c1ccccc1)c1ccccc1.O=C(O)C(F)(F)F. The predicted octanol–water partition coefficient (Wildman–Crippen LogP) is 7.60. The first kappa shape index (κ1) is 46.4. The van der Waals surface area contributed by atoms with Crippen molar-refractivity contribution < 1.29 is 47.4 Å². The molecule has 4 rings (SSSR count). The molecule has 14 heteroatoms. The van der Waals surface area contributed by atoms with E-state index in [1.807, 2.05) is 149 Å². The third-order valence-electron chi connectivity index (χ3n) is 9.75. The molecule has 0 heterocycles. The van der Waals surface area contributed by atoms with Gasteiger partial charge in [-0.3, -0.25) is 19.2 Å². The largest absolute Gasteiger partial charge is 0.490 e. The lowest BCUT2D eigenvalue weighted by molar-refractivity contribution is -0.192. The summed E-state index contributed by atoms with van der Waals surface area (Å²) in [5.41, 5.74) is 3.74. The highest BCUT2D eigenvalue weighted by molar-refractivity contribution is 5.86. The standard InChI is InChI=1S/C42H50N4O5.C2HF3O2/c1-31(35-17-9-5-10-18-35)43-29-40(48)44(32(2)36-19-11-6-12-20-36)27-25-39(47)46(34(4)38-23-15-8-16-24-38)30-41(49)45(28-26-42(50)51)33(3)37-21-13-7-14-22-37;3-2(4,5)1(6)7/h5-24,31-34,43H,25-30H2,1-4H3,(H,50,51);(H,6,7)/t31-,32-,33-,34-;/m0./s1. The van der Waals surface area contributed by atoms with Gasteiger partial charge in [0.1, 0.15) is 6.54 Å². The summed E-state index contributed by atoms with van der Waals surface area (Å²) >= 11 is 0. The highest BCUT2D eigenvalue weighted by atomic mass is 19.4. The van der Waals surface area contributed by atoms with E-state index >= 15 is 0 Å². The predicted molar refractivity (Wildman–Crippen MR) is 213 cm³/mol. The van der Waals surface area contributed by atoms with E-state index in [9.17, 15) is 37.5 Å². The number of nitrogens with one attached hydrogen (secondary N) is 1. The topological polar surface area (TPSA) is 148 Å². The van der Waals surface area contributed by atoms with Gasteiger partial charge in [-0.25, -0.2) is 4.79 Å². The van der Waals surface area contributed by atoms with Gasteiger partial charge in [0.2, 0.25) is 17.7 Å². The molecule has 0 aromatic heterocycles. The lowest BCUT2D eigenvalue weighted by Crippen LogP contribution is -2.47. The zero-order chi connectivity index (χ0) is 42.8. The van der Waals surface area contributed by atoms with Crippen molar-refractivity contribution in [3.63, 3.8) is 0 Å². The van der Waals surface area contributed by atoms with Gasteiger partial charge < -0.3 is 30.2 Å². The molecule has 0 saturated carbocycles. The Kier molecular flexibility index (Phi) is 18.1. The molecular weight excluding hydrogens is 753 g/mol. The van der Waals surface area contributed by atoms with E-state index in [-0.39, 0.29) is 68.8 Å². The maximum Gasteiger partial charge on any atom is 0.490 e. The Morgan fingerprint density at radius 1 is 0.534 bits per heavy atom.